The molecule has 3 heterocycles. The highest BCUT2D eigenvalue weighted by atomic mass is 16.1. The van der Waals surface area contributed by atoms with E-state index in [4.69, 9.17) is 5.73 Å². The van der Waals surface area contributed by atoms with E-state index in [1.54, 1.807) is 24.1 Å². The third kappa shape index (κ3) is 1.88. The number of aryl methyl sites for hydroxylation is 2. The van der Waals surface area contributed by atoms with Crippen molar-refractivity contribution < 1.29 is 4.79 Å². The minimum absolute atomic E-state index is 0.126. The lowest BCUT2D eigenvalue weighted by molar-refractivity contribution is -0.118. The molecule has 1 atom stereocenters. The van der Waals surface area contributed by atoms with E-state index in [0.717, 1.165) is 10.8 Å². The maximum absolute atomic E-state index is 12.1. The van der Waals surface area contributed by atoms with Crippen molar-refractivity contribution in [2.24, 2.45) is 12.0 Å². The van der Waals surface area contributed by atoms with E-state index in [1.165, 1.54) is 0 Å². The molecule has 0 fully saturated rings. The number of carbonyl (C=O) groups is 1. The first-order chi connectivity index (χ1) is 9.04. The van der Waals surface area contributed by atoms with Gasteiger partial charge in [0.1, 0.15) is 0 Å². The Kier molecular flexibility index (Phi) is 2.41. The molecule has 7 nitrogen and oxygen atoms in total. The van der Waals surface area contributed by atoms with Gasteiger partial charge in [0.05, 0.1) is 17.8 Å². The van der Waals surface area contributed by atoms with Gasteiger partial charge in [0, 0.05) is 24.0 Å². The molecule has 96 valence electrons. The summed E-state index contributed by atoms with van der Waals surface area (Å²) < 4.78 is 1.65. The van der Waals surface area contributed by atoms with Gasteiger partial charge in [-0.15, -0.1) is 0 Å². The second kappa shape index (κ2) is 3.98. The van der Waals surface area contributed by atoms with E-state index in [2.05, 4.69) is 20.1 Å². The fourth-order valence-corrected chi connectivity index (χ4v) is 2.12. The summed E-state index contributed by atoms with van der Waals surface area (Å²) in [7, 11) is 1.80. The summed E-state index contributed by atoms with van der Waals surface area (Å²) in [6, 6.07) is 0. The average molecular weight is 256 g/mol. The molecular formula is C12H12N6O. The van der Waals surface area contributed by atoms with Gasteiger partial charge in [0.2, 0.25) is 5.95 Å². The second-order valence-electron chi connectivity index (χ2n) is 4.45. The smallest absolute Gasteiger partial charge is 0.259 e. The summed E-state index contributed by atoms with van der Waals surface area (Å²) in [6.07, 6.45) is 5.27. The normalized spacial score (nSPS) is 17.6. The zero-order valence-electron chi connectivity index (χ0n) is 10.5. The molecule has 1 aliphatic rings. The van der Waals surface area contributed by atoms with Crippen molar-refractivity contribution in [3.63, 3.8) is 0 Å². The van der Waals surface area contributed by atoms with Crippen LogP contribution in [0, 0.1) is 6.92 Å². The van der Waals surface area contributed by atoms with Crippen molar-refractivity contribution in [2.45, 2.75) is 12.8 Å². The fraction of sp³-hybridized carbons (Fsp3) is 0.250. The molecule has 0 spiro atoms. The van der Waals surface area contributed by atoms with Crippen molar-refractivity contribution in [3.05, 3.63) is 34.4 Å². The predicted octanol–water partition coefficient (Wildman–Crippen LogP) is -1.18. The molecule has 2 aromatic heterocycles. The van der Waals surface area contributed by atoms with Crippen molar-refractivity contribution in [1.29, 1.82) is 0 Å². The Labute approximate surface area is 108 Å². The third-order valence-electron chi connectivity index (χ3n) is 3.03. The predicted molar refractivity (Wildman–Crippen MR) is 67.4 cm³/mol. The Bertz CT molecular complexity index is 791. The van der Waals surface area contributed by atoms with Gasteiger partial charge in [-0.3, -0.25) is 9.48 Å². The van der Waals surface area contributed by atoms with Gasteiger partial charge in [-0.1, -0.05) is 6.08 Å². The largest absolute Gasteiger partial charge is 0.368 e. The maximum atomic E-state index is 12.1. The molecule has 0 radical (unpaired) electrons. The third-order valence-corrected chi connectivity index (χ3v) is 3.03. The molecule has 0 saturated heterocycles. The van der Waals surface area contributed by atoms with Crippen LogP contribution in [0.25, 0.3) is 6.08 Å². The first-order valence-electron chi connectivity index (χ1n) is 5.77. The Morgan fingerprint density at radius 3 is 2.84 bits per heavy atom. The molecule has 2 aromatic rings. The SMILES string of the molecule is Cc1nc(N)nc2c1=CC(c1cnn(C)c1)C(=O)N=2. The number of rotatable bonds is 1. The fourth-order valence-electron chi connectivity index (χ4n) is 2.12. The van der Waals surface area contributed by atoms with Crippen LogP contribution in [-0.4, -0.2) is 25.7 Å². The van der Waals surface area contributed by atoms with Gasteiger partial charge in [0.25, 0.3) is 5.91 Å². The number of aromatic nitrogens is 4. The van der Waals surface area contributed by atoms with Crippen LogP contribution in [0.15, 0.2) is 17.4 Å². The molecular weight excluding hydrogens is 244 g/mol. The topological polar surface area (TPSA) is 99.0 Å². The Morgan fingerprint density at radius 2 is 2.16 bits per heavy atom. The molecule has 1 unspecified atom stereocenters. The summed E-state index contributed by atoms with van der Waals surface area (Å²) in [6.45, 7) is 1.82. The van der Waals surface area contributed by atoms with E-state index in [1.807, 2.05) is 13.0 Å². The van der Waals surface area contributed by atoms with Crippen LogP contribution in [0.5, 0.6) is 0 Å². The van der Waals surface area contributed by atoms with Crippen LogP contribution in [0.4, 0.5) is 5.95 Å². The average Bonchev–Trinajstić information content (AvgIpc) is 2.74. The molecule has 1 aliphatic heterocycles. The molecule has 0 bridgehead atoms. The highest BCUT2D eigenvalue weighted by Gasteiger charge is 2.23. The van der Waals surface area contributed by atoms with Gasteiger partial charge in [-0.05, 0) is 6.92 Å². The Morgan fingerprint density at radius 1 is 1.37 bits per heavy atom. The van der Waals surface area contributed by atoms with Crippen LogP contribution in [0.1, 0.15) is 17.2 Å². The lowest BCUT2D eigenvalue weighted by Crippen LogP contribution is -2.38. The maximum Gasteiger partial charge on any atom is 0.259 e. The first-order valence-corrected chi connectivity index (χ1v) is 5.77. The van der Waals surface area contributed by atoms with Gasteiger partial charge < -0.3 is 5.73 Å². The lowest BCUT2D eigenvalue weighted by atomic mass is 9.98. The zero-order chi connectivity index (χ0) is 13.6. The number of hydrogen-bond acceptors (Lipinski definition) is 5. The van der Waals surface area contributed by atoms with Crippen molar-refractivity contribution in [1.82, 2.24) is 19.7 Å². The van der Waals surface area contributed by atoms with Crippen LogP contribution in [0.2, 0.25) is 0 Å². The van der Waals surface area contributed by atoms with Crippen molar-refractivity contribution in [3.8, 4) is 0 Å². The number of carbonyl (C=O) groups excluding carboxylic acids is 1. The highest BCUT2D eigenvalue weighted by Crippen LogP contribution is 2.19. The Balaban J connectivity index is 2.22. The molecule has 3 rings (SSSR count). The summed E-state index contributed by atoms with van der Waals surface area (Å²) in [5.74, 6) is -0.578. The summed E-state index contributed by atoms with van der Waals surface area (Å²) in [5.41, 5.74) is 7.42. The van der Waals surface area contributed by atoms with Crippen LogP contribution < -0.4 is 16.4 Å². The van der Waals surface area contributed by atoms with Gasteiger partial charge in [0.15, 0.2) is 5.49 Å². The highest BCUT2D eigenvalue weighted by molar-refractivity contribution is 5.91. The van der Waals surface area contributed by atoms with E-state index in [0.29, 0.717) is 11.2 Å². The second-order valence-corrected chi connectivity index (χ2v) is 4.45. The van der Waals surface area contributed by atoms with Crippen molar-refractivity contribution >= 4 is 17.9 Å². The first kappa shape index (κ1) is 11.5. The number of nitrogens with zero attached hydrogens (tertiary/aromatic N) is 5. The van der Waals surface area contributed by atoms with Crippen LogP contribution in [0.3, 0.4) is 0 Å². The van der Waals surface area contributed by atoms with Gasteiger partial charge in [-0.25, -0.2) is 4.98 Å². The number of amides is 1. The number of nitrogens with two attached hydrogens (primary N) is 1. The van der Waals surface area contributed by atoms with E-state index < -0.39 is 5.92 Å². The number of hydrogen-bond donors (Lipinski definition) is 1. The minimum atomic E-state index is -0.438. The molecule has 7 heteroatoms. The molecule has 0 aromatic carbocycles. The lowest BCUT2D eigenvalue weighted by Gasteiger charge is -2.10. The molecule has 2 N–H and O–H groups in total. The van der Waals surface area contributed by atoms with Crippen molar-refractivity contribution in [2.75, 3.05) is 5.73 Å². The van der Waals surface area contributed by atoms with E-state index >= 15 is 0 Å². The summed E-state index contributed by atoms with van der Waals surface area (Å²) in [4.78, 5) is 24.1. The molecule has 0 saturated carbocycles. The number of anilines is 1. The minimum Gasteiger partial charge on any atom is -0.368 e. The van der Waals surface area contributed by atoms with Crippen LogP contribution >= 0.6 is 0 Å². The summed E-state index contributed by atoms with van der Waals surface area (Å²) >= 11 is 0. The van der Waals surface area contributed by atoms with Crippen LogP contribution in [-0.2, 0) is 11.8 Å². The molecule has 19 heavy (non-hydrogen) atoms. The number of fused-ring (bicyclic) bond motifs is 1. The van der Waals surface area contributed by atoms with E-state index in [9.17, 15) is 4.79 Å². The van der Waals surface area contributed by atoms with E-state index in [-0.39, 0.29) is 11.9 Å². The molecule has 1 amide bonds. The van der Waals surface area contributed by atoms with Gasteiger partial charge >= 0.3 is 0 Å². The molecule has 0 aliphatic carbocycles. The van der Waals surface area contributed by atoms with Gasteiger partial charge in [-0.2, -0.15) is 15.1 Å². The monoisotopic (exact) mass is 256 g/mol. The zero-order valence-corrected chi connectivity index (χ0v) is 10.5. The standard InChI is InChI=1S/C12H12N6O/c1-6-8-3-9(7-4-14-18(2)5-7)11(19)16-10(8)17-12(13)15-6/h3-5,9H,1-2H3,(H2,13,16,17,19). The number of nitrogen functional groups attached to an aromatic ring is 1. The quantitative estimate of drug-likeness (QED) is 0.692. The summed E-state index contributed by atoms with van der Waals surface area (Å²) in [5, 5.41) is 4.82. The Hall–Kier alpha value is -2.57.